The predicted molar refractivity (Wildman–Crippen MR) is 75.5 cm³/mol. The highest BCUT2D eigenvalue weighted by molar-refractivity contribution is 5.31. The van der Waals surface area contributed by atoms with E-state index in [4.69, 9.17) is 0 Å². The third-order valence-electron chi connectivity index (χ3n) is 2.91. The Morgan fingerprint density at radius 2 is 2.05 bits per heavy atom. The maximum atomic E-state index is 13.6. The summed E-state index contributed by atoms with van der Waals surface area (Å²) in [6.45, 7) is 7.29. The molecular formula is C15H19F2N3. The standard InChI is InChI=1S/C15H19F2N3/c1-10(2)8-20-9-11(3)19-15(20)18-7-12-4-5-13(16)6-14(12)17/h4-6,9-10H,7-8H2,1-3H3,(H,18,19). The van der Waals surface area contributed by atoms with Crippen molar-refractivity contribution in [3.05, 3.63) is 47.3 Å². The van der Waals surface area contributed by atoms with Crippen molar-refractivity contribution in [3.8, 4) is 0 Å². The van der Waals surface area contributed by atoms with Crippen molar-refractivity contribution in [2.24, 2.45) is 5.92 Å². The number of aryl methyl sites for hydroxylation is 1. The zero-order valence-electron chi connectivity index (χ0n) is 12.0. The van der Waals surface area contributed by atoms with Gasteiger partial charge in [-0.05, 0) is 18.9 Å². The lowest BCUT2D eigenvalue weighted by atomic mass is 10.2. The fraction of sp³-hybridized carbons (Fsp3) is 0.400. The third-order valence-corrected chi connectivity index (χ3v) is 2.91. The minimum Gasteiger partial charge on any atom is -0.351 e. The summed E-state index contributed by atoms with van der Waals surface area (Å²) in [5.74, 6) is 0.0891. The zero-order chi connectivity index (χ0) is 14.7. The lowest BCUT2D eigenvalue weighted by Gasteiger charge is -2.12. The second-order valence-corrected chi connectivity index (χ2v) is 5.34. The predicted octanol–water partition coefficient (Wildman–Crippen LogP) is 3.74. The lowest BCUT2D eigenvalue weighted by Crippen LogP contribution is -2.11. The first-order valence-corrected chi connectivity index (χ1v) is 6.67. The number of nitrogens with zero attached hydrogens (tertiary/aromatic N) is 2. The SMILES string of the molecule is Cc1cn(CC(C)C)c(NCc2ccc(F)cc2F)n1. The summed E-state index contributed by atoms with van der Waals surface area (Å²) in [5.41, 5.74) is 1.33. The van der Waals surface area contributed by atoms with Gasteiger partial charge in [-0.15, -0.1) is 0 Å². The van der Waals surface area contributed by atoms with Crippen molar-refractivity contribution in [1.29, 1.82) is 0 Å². The molecule has 1 aromatic heterocycles. The number of aromatic nitrogens is 2. The van der Waals surface area contributed by atoms with Crippen molar-refractivity contribution >= 4 is 5.95 Å². The maximum Gasteiger partial charge on any atom is 0.203 e. The first kappa shape index (κ1) is 14.5. The third kappa shape index (κ3) is 3.56. The van der Waals surface area contributed by atoms with Gasteiger partial charge in [0.25, 0.3) is 0 Å². The molecule has 0 spiro atoms. The Bertz CT molecular complexity index is 591. The maximum absolute atomic E-state index is 13.6. The summed E-state index contributed by atoms with van der Waals surface area (Å²) in [7, 11) is 0. The summed E-state index contributed by atoms with van der Waals surface area (Å²) in [4.78, 5) is 4.38. The van der Waals surface area contributed by atoms with E-state index in [1.807, 2.05) is 17.7 Å². The molecular weight excluding hydrogens is 260 g/mol. The van der Waals surface area contributed by atoms with Crippen LogP contribution in [0.1, 0.15) is 25.1 Å². The summed E-state index contributed by atoms with van der Waals surface area (Å²) in [5, 5.41) is 3.11. The van der Waals surface area contributed by atoms with Gasteiger partial charge in [0.05, 0.1) is 5.69 Å². The van der Waals surface area contributed by atoms with Gasteiger partial charge in [-0.3, -0.25) is 0 Å². The van der Waals surface area contributed by atoms with E-state index < -0.39 is 11.6 Å². The van der Waals surface area contributed by atoms with Crippen molar-refractivity contribution in [2.75, 3.05) is 5.32 Å². The molecule has 1 aromatic carbocycles. The average molecular weight is 279 g/mol. The lowest BCUT2D eigenvalue weighted by molar-refractivity contribution is 0.525. The highest BCUT2D eigenvalue weighted by Crippen LogP contribution is 2.15. The molecule has 1 N–H and O–H groups in total. The molecule has 0 radical (unpaired) electrons. The first-order valence-electron chi connectivity index (χ1n) is 6.67. The number of hydrogen-bond donors (Lipinski definition) is 1. The fourth-order valence-corrected chi connectivity index (χ4v) is 2.06. The van der Waals surface area contributed by atoms with Crippen LogP contribution in [0.25, 0.3) is 0 Å². The number of halogens is 2. The van der Waals surface area contributed by atoms with E-state index in [-0.39, 0.29) is 6.54 Å². The van der Waals surface area contributed by atoms with E-state index in [0.29, 0.717) is 17.4 Å². The normalized spacial score (nSPS) is 11.1. The molecule has 2 rings (SSSR count). The van der Waals surface area contributed by atoms with E-state index in [1.54, 1.807) is 0 Å². The quantitative estimate of drug-likeness (QED) is 0.903. The van der Waals surface area contributed by atoms with E-state index >= 15 is 0 Å². The first-order chi connectivity index (χ1) is 9.45. The van der Waals surface area contributed by atoms with Crippen LogP contribution in [0.3, 0.4) is 0 Å². The Labute approximate surface area is 117 Å². The molecule has 20 heavy (non-hydrogen) atoms. The highest BCUT2D eigenvalue weighted by Gasteiger charge is 2.09. The number of anilines is 1. The van der Waals surface area contributed by atoms with Crippen LogP contribution in [0.2, 0.25) is 0 Å². The average Bonchev–Trinajstić information content (AvgIpc) is 2.67. The van der Waals surface area contributed by atoms with Crippen LogP contribution in [0.15, 0.2) is 24.4 Å². The minimum atomic E-state index is -0.566. The Morgan fingerprint density at radius 1 is 1.30 bits per heavy atom. The Morgan fingerprint density at radius 3 is 2.70 bits per heavy atom. The number of imidazole rings is 1. The molecule has 0 amide bonds. The van der Waals surface area contributed by atoms with Crippen molar-refractivity contribution < 1.29 is 8.78 Å². The largest absolute Gasteiger partial charge is 0.351 e. The zero-order valence-corrected chi connectivity index (χ0v) is 12.0. The second-order valence-electron chi connectivity index (χ2n) is 5.34. The number of benzene rings is 1. The smallest absolute Gasteiger partial charge is 0.203 e. The molecule has 0 unspecified atom stereocenters. The summed E-state index contributed by atoms with van der Waals surface area (Å²) in [6.07, 6.45) is 1.96. The van der Waals surface area contributed by atoms with E-state index in [9.17, 15) is 8.78 Å². The Balaban J connectivity index is 2.10. The van der Waals surface area contributed by atoms with Crippen LogP contribution < -0.4 is 5.32 Å². The fourth-order valence-electron chi connectivity index (χ4n) is 2.06. The number of rotatable bonds is 5. The molecule has 0 aliphatic heterocycles. The molecule has 2 aromatic rings. The molecule has 0 saturated heterocycles. The van der Waals surface area contributed by atoms with Gasteiger partial charge < -0.3 is 9.88 Å². The van der Waals surface area contributed by atoms with Gasteiger partial charge in [0.15, 0.2) is 0 Å². The summed E-state index contributed by atoms with van der Waals surface area (Å²) < 4.78 is 28.4. The molecule has 0 fully saturated rings. The topological polar surface area (TPSA) is 29.9 Å². The van der Waals surface area contributed by atoms with Crippen LogP contribution in [0, 0.1) is 24.5 Å². The van der Waals surface area contributed by atoms with E-state index in [2.05, 4.69) is 24.1 Å². The minimum absolute atomic E-state index is 0.278. The van der Waals surface area contributed by atoms with Gasteiger partial charge in [-0.25, -0.2) is 13.8 Å². The highest BCUT2D eigenvalue weighted by atomic mass is 19.1. The molecule has 0 aliphatic carbocycles. The Kier molecular flexibility index (Phi) is 4.37. The van der Waals surface area contributed by atoms with E-state index in [0.717, 1.165) is 18.3 Å². The van der Waals surface area contributed by atoms with Crippen LogP contribution in [-0.4, -0.2) is 9.55 Å². The van der Waals surface area contributed by atoms with Crippen molar-refractivity contribution in [3.63, 3.8) is 0 Å². The van der Waals surface area contributed by atoms with Crippen molar-refractivity contribution in [1.82, 2.24) is 9.55 Å². The molecule has 108 valence electrons. The summed E-state index contributed by atoms with van der Waals surface area (Å²) >= 11 is 0. The number of nitrogens with one attached hydrogen (secondary N) is 1. The molecule has 0 saturated carbocycles. The van der Waals surface area contributed by atoms with Gasteiger partial charge in [-0.2, -0.15) is 0 Å². The van der Waals surface area contributed by atoms with Crippen LogP contribution in [0.4, 0.5) is 14.7 Å². The van der Waals surface area contributed by atoms with Crippen LogP contribution in [-0.2, 0) is 13.1 Å². The van der Waals surface area contributed by atoms with E-state index in [1.165, 1.54) is 12.1 Å². The van der Waals surface area contributed by atoms with Crippen LogP contribution in [0.5, 0.6) is 0 Å². The summed E-state index contributed by atoms with van der Waals surface area (Å²) in [6, 6.07) is 3.59. The van der Waals surface area contributed by atoms with Gasteiger partial charge in [-0.1, -0.05) is 19.9 Å². The molecule has 0 atom stereocenters. The molecule has 3 nitrogen and oxygen atoms in total. The van der Waals surface area contributed by atoms with Gasteiger partial charge in [0.1, 0.15) is 11.6 Å². The molecule has 1 heterocycles. The Hall–Kier alpha value is -1.91. The van der Waals surface area contributed by atoms with Crippen molar-refractivity contribution in [2.45, 2.75) is 33.9 Å². The van der Waals surface area contributed by atoms with Gasteiger partial charge in [0, 0.05) is 30.9 Å². The van der Waals surface area contributed by atoms with Gasteiger partial charge >= 0.3 is 0 Å². The number of hydrogen-bond acceptors (Lipinski definition) is 2. The molecule has 5 heteroatoms. The van der Waals surface area contributed by atoms with Gasteiger partial charge in [0.2, 0.25) is 5.95 Å². The molecule has 0 aliphatic rings. The second kappa shape index (κ2) is 6.03. The monoisotopic (exact) mass is 279 g/mol. The molecule has 0 bridgehead atoms. The van der Waals surface area contributed by atoms with Crippen LogP contribution >= 0.6 is 0 Å².